The molecule has 1 saturated heterocycles. The average molecular weight is 540 g/mol. The number of hydrogen-bond donors (Lipinski definition) is 0. The van der Waals surface area contributed by atoms with Crippen LogP contribution in [-0.4, -0.2) is 41.5 Å². The monoisotopic (exact) mass is 539 g/mol. The Labute approximate surface area is 234 Å². The summed E-state index contributed by atoms with van der Waals surface area (Å²) in [6.07, 6.45) is 1.27. The standard InChI is InChI=1S/C33H33NO6/c1-2-38-33(37)31-30-26(20-28(40-31)25-16-10-5-11-17-25)32(36)34(21-23-12-6-3-7-13-23)27(30)18-19-29(35)39-22-24-14-8-4-9-15-24/h3-17,20,26-27,30-31H,2,18-19,21-22H2,1H3/t26-,27-,30+,31-/m0/s1. The molecule has 0 saturated carbocycles. The summed E-state index contributed by atoms with van der Waals surface area (Å²) < 4.78 is 17.2. The third-order valence-corrected chi connectivity index (χ3v) is 7.42. The minimum absolute atomic E-state index is 0.0949. The Morgan fingerprint density at radius 2 is 1.48 bits per heavy atom. The van der Waals surface area contributed by atoms with Crippen LogP contribution < -0.4 is 0 Å². The van der Waals surface area contributed by atoms with Gasteiger partial charge in [0.15, 0.2) is 0 Å². The highest BCUT2D eigenvalue weighted by Crippen LogP contribution is 2.44. The fourth-order valence-electron chi connectivity index (χ4n) is 5.55. The molecule has 0 unspecified atom stereocenters. The van der Waals surface area contributed by atoms with Gasteiger partial charge >= 0.3 is 11.9 Å². The number of carbonyl (C=O) groups is 3. The molecular weight excluding hydrogens is 506 g/mol. The van der Waals surface area contributed by atoms with E-state index in [1.165, 1.54) is 0 Å². The van der Waals surface area contributed by atoms with Crippen molar-refractivity contribution in [3.63, 3.8) is 0 Å². The Hall–Kier alpha value is -4.39. The van der Waals surface area contributed by atoms with Crippen molar-refractivity contribution in [2.24, 2.45) is 11.8 Å². The Morgan fingerprint density at radius 1 is 0.850 bits per heavy atom. The maximum Gasteiger partial charge on any atom is 0.347 e. The van der Waals surface area contributed by atoms with E-state index in [1.807, 2.05) is 97.1 Å². The van der Waals surface area contributed by atoms with Gasteiger partial charge in [0.2, 0.25) is 12.0 Å². The lowest BCUT2D eigenvalue weighted by molar-refractivity contribution is -0.157. The number of carbonyl (C=O) groups excluding carboxylic acids is 3. The van der Waals surface area contributed by atoms with E-state index in [1.54, 1.807) is 11.8 Å². The number of benzene rings is 3. The van der Waals surface area contributed by atoms with Gasteiger partial charge in [-0.2, -0.15) is 0 Å². The summed E-state index contributed by atoms with van der Waals surface area (Å²) in [6, 6.07) is 28.2. The second-order valence-electron chi connectivity index (χ2n) is 9.99. The van der Waals surface area contributed by atoms with Crippen LogP contribution in [0.4, 0.5) is 0 Å². The van der Waals surface area contributed by atoms with E-state index in [9.17, 15) is 14.4 Å². The number of esters is 2. The molecule has 0 aromatic heterocycles. The molecule has 4 atom stereocenters. The van der Waals surface area contributed by atoms with Crippen LogP contribution in [0.3, 0.4) is 0 Å². The Balaban J connectivity index is 1.43. The van der Waals surface area contributed by atoms with Gasteiger partial charge < -0.3 is 19.1 Å². The van der Waals surface area contributed by atoms with Crippen molar-refractivity contribution in [3.8, 4) is 0 Å². The van der Waals surface area contributed by atoms with Crippen LogP contribution in [0.15, 0.2) is 97.1 Å². The van der Waals surface area contributed by atoms with Gasteiger partial charge in [0.05, 0.1) is 12.5 Å². The quantitative estimate of drug-likeness (QED) is 0.331. The lowest BCUT2D eigenvalue weighted by Gasteiger charge is -2.35. The van der Waals surface area contributed by atoms with Crippen molar-refractivity contribution in [3.05, 3.63) is 114 Å². The Bertz CT molecular complexity index is 1340. The highest BCUT2D eigenvalue weighted by atomic mass is 16.6. The fraction of sp³-hybridized carbons (Fsp3) is 0.303. The molecule has 40 heavy (non-hydrogen) atoms. The van der Waals surface area contributed by atoms with Gasteiger partial charge in [0.25, 0.3) is 0 Å². The molecule has 206 valence electrons. The molecule has 7 heteroatoms. The first-order chi connectivity index (χ1) is 19.5. The number of rotatable bonds is 10. The molecule has 1 amide bonds. The van der Waals surface area contributed by atoms with Gasteiger partial charge in [0, 0.05) is 30.5 Å². The van der Waals surface area contributed by atoms with Crippen molar-refractivity contribution in [1.29, 1.82) is 0 Å². The Morgan fingerprint density at radius 3 is 2.12 bits per heavy atom. The first-order valence-corrected chi connectivity index (χ1v) is 13.7. The van der Waals surface area contributed by atoms with E-state index in [2.05, 4.69) is 0 Å². The van der Waals surface area contributed by atoms with E-state index in [-0.39, 0.29) is 31.5 Å². The van der Waals surface area contributed by atoms with Crippen molar-refractivity contribution < 1.29 is 28.6 Å². The van der Waals surface area contributed by atoms with Crippen molar-refractivity contribution in [2.75, 3.05) is 6.61 Å². The predicted octanol–water partition coefficient (Wildman–Crippen LogP) is 5.16. The molecular formula is C33H33NO6. The third-order valence-electron chi connectivity index (χ3n) is 7.42. The van der Waals surface area contributed by atoms with E-state index in [4.69, 9.17) is 14.2 Å². The molecule has 0 radical (unpaired) electrons. The van der Waals surface area contributed by atoms with Crippen LogP contribution in [0, 0.1) is 11.8 Å². The minimum Gasteiger partial charge on any atom is -0.478 e. The largest absolute Gasteiger partial charge is 0.478 e. The molecule has 0 aliphatic carbocycles. The summed E-state index contributed by atoms with van der Waals surface area (Å²) in [5, 5.41) is 0. The normalized spacial score (nSPS) is 21.7. The van der Waals surface area contributed by atoms with E-state index in [0.717, 1.165) is 16.7 Å². The van der Waals surface area contributed by atoms with Crippen molar-refractivity contribution in [1.82, 2.24) is 4.90 Å². The number of hydrogen-bond acceptors (Lipinski definition) is 6. The zero-order valence-corrected chi connectivity index (χ0v) is 22.5. The second-order valence-corrected chi connectivity index (χ2v) is 9.99. The lowest BCUT2D eigenvalue weighted by atomic mass is 9.81. The highest BCUT2D eigenvalue weighted by Gasteiger charge is 2.55. The zero-order valence-electron chi connectivity index (χ0n) is 22.5. The number of ether oxygens (including phenoxy) is 3. The van der Waals surface area contributed by atoms with Crippen LogP contribution in [0.5, 0.6) is 0 Å². The van der Waals surface area contributed by atoms with Crippen LogP contribution >= 0.6 is 0 Å². The summed E-state index contributed by atoms with van der Waals surface area (Å²) in [4.78, 5) is 41.8. The smallest absolute Gasteiger partial charge is 0.347 e. The van der Waals surface area contributed by atoms with Crippen molar-refractivity contribution in [2.45, 2.75) is 45.1 Å². The average Bonchev–Trinajstić information content (AvgIpc) is 3.26. The van der Waals surface area contributed by atoms with Gasteiger partial charge in [-0.15, -0.1) is 0 Å². The van der Waals surface area contributed by atoms with E-state index < -0.39 is 30.0 Å². The number of nitrogens with zero attached hydrogens (tertiary/aromatic N) is 1. The van der Waals surface area contributed by atoms with Crippen LogP contribution in [0.2, 0.25) is 0 Å². The van der Waals surface area contributed by atoms with Gasteiger partial charge in [-0.05, 0) is 30.5 Å². The number of amides is 1. The summed E-state index contributed by atoms with van der Waals surface area (Å²) in [5.41, 5.74) is 2.65. The lowest BCUT2D eigenvalue weighted by Crippen LogP contribution is -2.45. The molecule has 0 N–H and O–H groups in total. The zero-order chi connectivity index (χ0) is 27.9. The third kappa shape index (κ3) is 6.09. The van der Waals surface area contributed by atoms with E-state index >= 15 is 0 Å². The molecule has 7 nitrogen and oxygen atoms in total. The van der Waals surface area contributed by atoms with E-state index in [0.29, 0.717) is 18.7 Å². The first kappa shape index (κ1) is 27.2. The maximum absolute atomic E-state index is 14.0. The predicted molar refractivity (Wildman–Crippen MR) is 149 cm³/mol. The molecule has 1 fully saturated rings. The first-order valence-electron chi connectivity index (χ1n) is 13.7. The second kappa shape index (κ2) is 12.6. The molecule has 2 aliphatic rings. The summed E-state index contributed by atoms with van der Waals surface area (Å²) in [6.45, 7) is 2.48. The van der Waals surface area contributed by atoms with Gasteiger partial charge in [0.1, 0.15) is 12.4 Å². The maximum atomic E-state index is 14.0. The van der Waals surface area contributed by atoms with Crippen LogP contribution in [0.1, 0.15) is 36.5 Å². The van der Waals surface area contributed by atoms with Gasteiger partial charge in [-0.3, -0.25) is 9.59 Å². The van der Waals surface area contributed by atoms with Gasteiger partial charge in [-0.25, -0.2) is 4.79 Å². The summed E-state index contributed by atoms with van der Waals surface area (Å²) in [5.74, 6) is -1.58. The minimum atomic E-state index is -0.986. The fourth-order valence-corrected chi connectivity index (χ4v) is 5.55. The Kier molecular flexibility index (Phi) is 8.59. The molecule has 2 aliphatic heterocycles. The molecule has 2 heterocycles. The summed E-state index contributed by atoms with van der Waals surface area (Å²) >= 11 is 0. The SMILES string of the molecule is CCOC(=O)[C@H]1OC(c2ccccc2)=C[C@@H]2C(=O)N(Cc3ccccc3)[C@@H](CCC(=O)OCc3ccccc3)[C@@H]21. The molecule has 5 rings (SSSR count). The van der Waals surface area contributed by atoms with Crippen LogP contribution in [-0.2, 0) is 41.7 Å². The van der Waals surface area contributed by atoms with Crippen molar-refractivity contribution >= 4 is 23.6 Å². The van der Waals surface area contributed by atoms with Crippen LogP contribution in [0.25, 0.3) is 5.76 Å². The van der Waals surface area contributed by atoms with Gasteiger partial charge in [-0.1, -0.05) is 91.0 Å². The highest BCUT2D eigenvalue weighted by molar-refractivity contribution is 5.89. The number of fused-ring (bicyclic) bond motifs is 1. The molecule has 0 spiro atoms. The molecule has 3 aromatic carbocycles. The topological polar surface area (TPSA) is 82.1 Å². The summed E-state index contributed by atoms with van der Waals surface area (Å²) in [7, 11) is 0. The molecule has 3 aromatic rings. The number of likely N-dealkylation sites (tertiary alicyclic amines) is 1. The molecule has 0 bridgehead atoms.